The monoisotopic (exact) mass is 943 g/mol. The fraction of sp³-hybridized carbons (Fsp3) is 0.361. The lowest BCUT2D eigenvalue weighted by Crippen LogP contribution is -2.10. The molecular formula is C72H78. The Kier molecular flexibility index (Phi) is 11.3. The summed E-state index contributed by atoms with van der Waals surface area (Å²) >= 11 is 0. The SMILES string of the molecule is CC(C)c1cc(C(C)C)c(-c2ccc3c(c2)c2cc(C(C)(C)C)cc4c5ccc6c(cc7c8ccc(-c9c(C(C)C)cc(C(C)C)cc9C(C)C)cc8c8cc(C(C)(C)C)cc6c87)c5cc3c42)c(C(C)C)c1. The third-order valence-corrected chi connectivity index (χ3v) is 17.0. The molecule has 11 rings (SSSR count). The lowest BCUT2D eigenvalue weighted by molar-refractivity contribution is 0.591. The molecule has 0 spiro atoms. The molecule has 366 valence electrons. The highest BCUT2D eigenvalue weighted by Gasteiger charge is 2.27. The first-order chi connectivity index (χ1) is 33.9. The standard InChI is InChI=1S/C72H78/c1-37(2)45-27-53(39(5)6)67(54(28-45)40(7)8)43-19-21-49-57(25-43)63-33-47(71(13,14)15)31-61-51-23-24-52-60(59(51)35-65(49)69(61)63)36-66-50-22-20-44(26-58(50)64-34-48(72(16,17)18)32-62(52)70(64)66)68-55(41(9)10)29-46(38(3)4)30-56(68)42(11)12/h19-42H,1-18H3. The van der Waals surface area contributed by atoms with Gasteiger partial charge in [-0.1, -0.05) is 185 Å². The predicted octanol–water partition coefficient (Wildman–Crippen LogP) is 22.5. The Morgan fingerprint density at radius 3 is 0.764 bits per heavy atom. The summed E-state index contributed by atoms with van der Waals surface area (Å²) in [4.78, 5) is 0. The van der Waals surface area contributed by atoms with Crippen molar-refractivity contribution in [1.82, 2.24) is 0 Å². The molecule has 0 atom stereocenters. The van der Waals surface area contributed by atoms with Gasteiger partial charge < -0.3 is 0 Å². The van der Waals surface area contributed by atoms with E-state index in [0.717, 1.165) is 0 Å². The van der Waals surface area contributed by atoms with Gasteiger partial charge in [0.2, 0.25) is 0 Å². The van der Waals surface area contributed by atoms with E-state index in [4.69, 9.17) is 0 Å². The van der Waals surface area contributed by atoms with Crippen LogP contribution in [0.3, 0.4) is 0 Å². The maximum atomic E-state index is 2.58. The fourth-order valence-corrected chi connectivity index (χ4v) is 12.7. The van der Waals surface area contributed by atoms with Crippen LogP contribution in [-0.2, 0) is 10.8 Å². The zero-order valence-corrected chi connectivity index (χ0v) is 46.9. The molecule has 0 unspecified atom stereocenters. The van der Waals surface area contributed by atoms with Crippen LogP contribution in [0.15, 0.2) is 109 Å². The third kappa shape index (κ3) is 7.43. The fourth-order valence-electron chi connectivity index (χ4n) is 12.7. The first kappa shape index (κ1) is 48.3. The van der Waals surface area contributed by atoms with Gasteiger partial charge in [0.25, 0.3) is 0 Å². The Balaban J connectivity index is 1.24. The van der Waals surface area contributed by atoms with Crippen molar-refractivity contribution in [2.75, 3.05) is 0 Å². The highest BCUT2D eigenvalue weighted by Crippen LogP contribution is 2.51. The van der Waals surface area contributed by atoms with Crippen LogP contribution < -0.4 is 0 Å². The van der Waals surface area contributed by atoms with Crippen LogP contribution in [0.2, 0.25) is 0 Å². The number of benzene rings is 9. The maximum Gasteiger partial charge on any atom is -0.00197 e. The smallest absolute Gasteiger partial charge is 0.00197 e. The Labute approximate surface area is 430 Å². The van der Waals surface area contributed by atoms with Gasteiger partial charge in [0.15, 0.2) is 0 Å². The van der Waals surface area contributed by atoms with E-state index in [-0.39, 0.29) is 10.8 Å². The maximum absolute atomic E-state index is 2.58. The van der Waals surface area contributed by atoms with E-state index >= 15 is 0 Å². The Hall–Kier alpha value is -5.98. The van der Waals surface area contributed by atoms with Gasteiger partial charge in [0.1, 0.15) is 0 Å². The summed E-state index contributed by atoms with van der Waals surface area (Å²) in [5.41, 5.74) is 17.0. The quantitative estimate of drug-likeness (QED) is 0.133. The molecule has 11 aromatic rings. The summed E-state index contributed by atoms with van der Waals surface area (Å²) in [5.74, 6) is 2.61. The van der Waals surface area contributed by atoms with Gasteiger partial charge in [-0.05, 0) is 248 Å². The summed E-state index contributed by atoms with van der Waals surface area (Å²) in [6.07, 6.45) is 0. The second-order valence-corrected chi connectivity index (χ2v) is 26.1. The van der Waals surface area contributed by atoms with Crippen molar-refractivity contribution in [2.45, 2.75) is 171 Å². The van der Waals surface area contributed by atoms with Crippen molar-refractivity contribution < 1.29 is 0 Å². The largest absolute Gasteiger partial charge is 0.0587 e. The van der Waals surface area contributed by atoms with Gasteiger partial charge in [0.05, 0.1) is 0 Å². The van der Waals surface area contributed by atoms with E-state index in [1.165, 1.54) is 153 Å². The van der Waals surface area contributed by atoms with Gasteiger partial charge in [0, 0.05) is 0 Å². The summed E-state index contributed by atoms with van der Waals surface area (Å²) in [5, 5.41) is 21.8. The first-order valence-corrected chi connectivity index (χ1v) is 27.6. The van der Waals surface area contributed by atoms with Crippen molar-refractivity contribution in [3.05, 3.63) is 154 Å². The molecule has 0 aliphatic carbocycles. The molecule has 0 aliphatic heterocycles. The van der Waals surface area contributed by atoms with E-state index in [0.29, 0.717) is 35.5 Å². The van der Waals surface area contributed by atoms with Crippen LogP contribution in [0.1, 0.15) is 205 Å². The molecule has 0 N–H and O–H groups in total. The average molecular weight is 943 g/mol. The molecule has 0 nitrogen and oxygen atoms in total. The second kappa shape index (κ2) is 16.8. The molecule has 0 radical (unpaired) electrons. The van der Waals surface area contributed by atoms with Crippen molar-refractivity contribution in [2.24, 2.45) is 0 Å². The predicted molar refractivity (Wildman–Crippen MR) is 322 cm³/mol. The minimum Gasteiger partial charge on any atom is -0.0587 e. The molecule has 0 fully saturated rings. The van der Waals surface area contributed by atoms with Crippen LogP contribution in [0.5, 0.6) is 0 Å². The molecule has 0 aliphatic rings. The number of hydrogen-bond donors (Lipinski definition) is 0. The van der Waals surface area contributed by atoms with Gasteiger partial charge >= 0.3 is 0 Å². The minimum atomic E-state index is -0.0285. The molecule has 11 aromatic carbocycles. The molecule has 72 heavy (non-hydrogen) atoms. The molecule has 0 aromatic heterocycles. The van der Waals surface area contributed by atoms with Crippen molar-refractivity contribution >= 4 is 86.2 Å². The lowest BCUT2D eigenvalue weighted by atomic mass is 9.81. The molecule has 0 saturated carbocycles. The Morgan fingerprint density at radius 2 is 0.500 bits per heavy atom. The zero-order chi connectivity index (χ0) is 51.4. The van der Waals surface area contributed by atoms with Crippen LogP contribution >= 0.6 is 0 Å². The highest BCUT2D eigenvalue weighted by molar-refractivity contribution is 6.40. The Morgan fingerprint density at radius 1 is 0.250 bits per heavy atom. The molecule has 0 heterocycles. The summed E-state index contributed by atoms with van der Waals surface area (Å²) in [7, 11) is 0. The number of rotatable bonds is 8. The third-order valence-electron chi connectivity index (χ3n) is 17.0. The summed E-state index contributed by atoms with van der Waals surface area (Å²) in [6, 6.07) is 45.2. The highest BCUT2D eigenvalue weighted by atomic mass is 14.3. The normalized spacial score (nSPS) is 13.3. The number of hydrogen-bond acceptors (Lipinski definition) is 0. The first-order valence-electron chi connectivity index (χ1n) is 27.6. The van der Waals surface area contributed by atoms with Crippen LogP contribution in [0.4, 0.5) is 0 Å². The van der Waals surface area contributed by atoms with Gasteiger partial charge in [-0.3, -0.25) is 0 Å². The molecule has 0 amide bonds. The molecule has 0 heteroatoms. The van der Waals surface area contributed by atoms with Gasteiger partial charge in [-0.2, -0.15) is 0 Å². The van der Waals surface area contributed by atoms with E-state index in [9.17, 15) is 0 Å². The molecule has 0 bridgehead atoms. The minimum absolute atomic E-state index is 0.0285. The number of fused-ring (bicyclic) bond motifs is 11. The average Bonchev–Trinajstić information content (AvgIpc) is 3.81. The van der Waals surface area contributed by atoms with E-state index in [1.807, 2.05) is 0 Å². The van der Waals surface area contributed by atoms with Gasteiger partial charge in [-0.25, -0.2) is 0 Å². The van der Waals surface area contributed by atoms with E-state index in [1.54, 1.807) is 0 Å². The van der Waals surface area contributed by atoms with Gasteiger partial charge in [-0.15, -0.1) is 0 Å². The summed E-state index contributed by atoms with van der Waals surface area (Å²) in [6.45, 7) is 42.6. The van der Waals surface area contributed by atoms with E-state index < -0.39 is 0 Å². The second-order valence-electron chi connectivity index (χ2n) is 26.1. The zero-order valence-electron chi connectivity index (χ0n) is 46.9. The van der Waals surface area contributed by atoms with Crippen LogP contribution in [-0.4, -0.2) is 0 Å². The molecule has 0 saturated heterocycles. The lowest BCUT2D eigenvalue weighted by Gasteiger charge is -2.23. The van der Waals surface area contributed by atoms with Crippen molar-refractivity contribution in [3.63, 3.8) is 0 Å². The Bertz CT molecular complexity index is 3660. The summed E-state index contributed by atoms with van der Waals surface area (Å²) < 4.78 is 0. The topological polar surface area (TPSA) is 0 Å². The van der Waals surface area contributed by atoms with Crippen LogP contribution in [0.25, 0.3) is 108 Å². The van der Waals surface area contributed by atoms with E-state index in [2.05, 4.69) is 234 Å². The van der Waals surface area contributed by atoms with Crippen LogP contribution in [0, 0.1) is 0 Å². The van der Waals surface area contributed by atoms with Crippen molar-refractivity contribution in [3.8, 4) is 22.3 Å². The van der Waals surface area contributed by atoms with Crippen molar-refractivity contribution in [1.29, 1.82) is 0 Å². The molecular weight excluding hydrogens is 865 g/mol.